The van der Waals surface area contributed by atoms with E-state index in [-0.39, 0.29) is 11.7 Å². The monoisotopic (exact) mass is 371 g/mol. The summed E-state index contributed by atoms with van der Waals surface area (Å²) in [6.07, 6.45) is -1.33. The van der Waals surface area contributed by atoms with Gasteiger partial charge in [-0.3, -0.25) is 9.36 Å². The summed E-state index contributed by atoms with van der Waals surface area (Å²) in [6, 6.07) is 8.69. The Morgan fingerprint density at radius 1 is 1.30 bits per heavy atom. The average molecular weight is 371 g/mol. The molecule has 1 amide bonds. The van der Waals surface area contributed by atoms with Crippen molar-refractivity contribution in [1.29, 1.82) is 0 Å². The summed E-state index contributed by atoms with van der Waals surface area (Å²) >= 11 is 0. The van der Waals surface area contributed by atoms with Crippen LogP contribution in [0.5, 0.6) is 0 Å². The van der Waals surface area contributed by atoms with Crippen LogP contribution < -0.4 is 5.32 Å². The van der Waals surface area contributed by atoms with E-state index in [2.05, 4.69) is 20.3 Å². The SMILES string of the molecule is CCC1OC(n2cnc3c(NC(=O)c4ccccc4)ncnc32)C(F)C1O. The molecule has 1 aromatic carbocycles. The van der Waals surface area contributed by atoms with Crippen LogP contribution in [0.3, 0.4) is 0 Å². The minimum Gasteiger partial charge on any atom is -0.387 e. The molecule has 8 nitrogen and oxygen atoms in total. The van der Waals surface area contributed by atoms with E-state index in [1.807, 2.05) is 13.0 Å². The molecule has 4 unspecified atom stereocenters. The molecule has 3 aromatic rings. The van der Waals surface area contributed by atoms with E-state index < -0.39 is 24.6 Å². The fraction of sp³-hybridized carbons (Fsp3) is 0.333. The lowest BCUT2D eigenvalue weighted by Crippen LogP contribution is -2.27. The number of carbonyl (C=O) groups excluding carboxylic acids is 1. The summed E-state index contributed by atoms with van der Waals surface area (Å²) < 4.78 is 21.5. The van der Waals surface area contributed by atoms with Crippen LogP contribution in [0.15, 0.2) is 43.0 Å². The summed E-state index contributed by atoms with van der Waals surface area (Å²) in [5, 5.41) is 12.7. The Hall–Kier alpha value is -2.91. The Morgan fingerprint density at radius 2 is 2.07 bits per heavy atom. The molecule has 1 aliphatic rings. The molecule has 9 heteroatoms. The van der Waals surface area contributed by atoms with Gasteiger partial charge in [-0.25, -0.2) is 19.3 Å². The summed E-state index contributed by atoms with van der Waals surface area (Å²) in [4.78, 5) is 24.8. The van der Waals surface area contributed by atoms with Crippen LogP contribution in [0.4, 0.5) is 10.2 Å². The van der Waals surface area contributed by atoms with Gasteiger partial charge >= 0.3 is 0 Å². The van der Waals surface area contributed by atoms with Crippen molar-refractivity contribution < 1.29 is 19.0 Å². The maximum Gasteiger partial charge on any atom is 0.256 e. The molecule has 1 aliphatic heterocycles. The number of hydrogen-bond acceptors (Lipinski definition) is 6. The summed E-state index contributed by atoms with van der Waals surface area (Å²) in [6.45, 7) is 1.81. The zero-order valence-electron chi connectivity index (χ0n) is 14.5. The highest BCUT2D eigenvalue weighted by molar-refractivity contribution is 6.06. The number of anilines is 1. The maximum atomic E-state index is 14.5. The van der Waals surface area contributed by atoms with Crippen molar-refractivity contribution >= 4 is 22.9 Å². The number of aliphatic hydroxyl groups is 1. The number of nitrogens with one attached hydrogen (secondary N) is 1. The number of carbonyl (C=O) groups is 1. The molecule has 0 radical (unpaired) electrons. The van der Waals surface area contributed by atoms with Gasteiger partial charge in [-0.05, 0) is 18.6 Å². The molecule has 4 atom stereocenters. The third-order valence-electron chi connectivity index (χ3n) is 4.60. The van der Waals surface area contributed by atoms with Crippen molar-refractivity contribution in [2.24, 2.45) is 0 Å². The maximum absolute atomic E-state index is 14.5. The quantitative estimate of drug-likeness (QED) is 0.728. The number of fused-ring (bicyclic) bond motifs is 1. The van der Waals surface area contributed by atoms with E-state index in [4.69, 9.17) is 4.74 Å². The lowest BCUT2D eigenvalue weighted by molar-refractivity contribution is -0.0238. The molecule has 0 spiro atoms. The second-order valence-electron chi connectivity index (χ2n) is 6.27. The molecule has 2 aromatic heterocycles. The molecule has 3 heterocycles. The molecule has 0 aliphatic carbocycles. The van der Waals surface area contributed by atoms with Crippen LogP contribution in [0.2, 0.25) is 0 Å². The smallest absolute Gasteiger partial charge is 0.256 e. The topological polar surface area (TPSA) is 102 Å². The van der Waals surface area contributed by atoms with Crippen LogP contribution in [0, 0.1) is 0 Å². The molecule has 1 saturated heterocycles. The van der Waals surface area contributed by atoms with Crippen molar-refractivity contribution in [1.82, 2.24) is 19.5 Å². The van der Waals surface area contributed by atoms with Gasteiger partial charge in [-0.2, -0.15) is 0 Å². The fourth-order valence-electron chi connectivity index (χ4n) is 3.16. The summed E-state index contributed by atoms with van der Waals surface area (Å²) in [5.41, 5.74) is 1.09. The number of hydrogen-bond donors (Lipinski definition) is 2. The van der Waals surface area contributed by atoms with E-state index in [9.17, 15) is 14.3 Å². The molecule has 27 heavy (non-hydrogen) atoms. The Labute approximate surface area is 154 Å². The van der Waals surface area contributed by atoms with Crippen LogP contribution in [0.25, 0.3) is 11.2 Å². The molecule has 140 valence electrons. The number of aromatic nitrogens is 4. The lowest BCUT2D eigenvalue weighted by atomic mass is 10.1. The third kappa shape index (κ3) is 3.04. The van der Waals surface area contributed by atoms with Crippen LogP contribution in [-0.2, 0) is 4.74 Å². The minimum atomic E-state index is -1.61. The Bertz CT molecular complexity index is 964. The first-order valence-corrected chi connectivity index (χ1v) is 8.61. The number of alkyl halides is 1. The van der Waals surface area contributed by atoms with Gasteiger partial charge in [0.25, 0.3) is 5.91 Å². The van der Waals surface area contributed by atoms with Gasteiger partial charge in [-0.15, -0.1) is 0 Å². The third-order valence-corrected chi connectivity index (χ3v) is 4.60. The standard InChI is InChI=1S/C18H18FN5O3/c1-2-11-14(25)12(19)18(27-11)24-9-22-13-15(20-8-21-16(13)24)23-17(26)10-6-4-3-5-7-10/h3-9,11-12,14,18,25H,2H2,1H3,(H,20,21,23,26). The van der Waals surface area contributed by atoms with Crippen molar-refractivity contribution in [3.8, 4) is 0 Å². The van der Waals surface area contributed by atoms with Crippen molar-refractivity contribution in [2.45, 2.75) is 38.0 Å². The average Bonchev–Trinajstić information content (AvgIpc) is 3.25. The molecular weight excluding hydrogens is 353 g/mol. The zero-order chi connectivity index (χ0) is 19.0. The number of aliphatic hydroxyl groups excluding tert-OH is 1. The largest absolute Gasteiger partial charge is 0.387 e. The highest BCUT2D eigenvalue weighted by Gasteiger charge is 2.44. The number of nitrogens with zero attached hydrogens (tertiary/aromatic N) is 4. The van der Waals surface area contributed by atoms with E-state index in [1.165, 1.54) is 17.2 Å². The summed E-state index contributed by atoms with van der Waals surface area (Å²) in [7, 11) is 0. The number of imidazole rings is 1. The predicted molar refractivity (Wildman–Crippen MR) is 94.8 cm³/mol. The number of ether oxygens (including phenoxy) is 1. The minimum absolute atomic E-state index is 0.216. The van der Waals surface area contributed by atoms with Crippen LogP contribution in [0.1, 0.15) is 29.9 Å². The van der Waals surface area contributed by atoms with E-state index in [0.717, 1.165) is 0 Å². The number of halogens is 1. The highest BCUT2D eigenvalue weighted by Crippen LogP contribution is 2.35. The van der Waals surface area contributed by atoms with Gasteiger partial charge in [0, 0.05) is 5.56 Å². The van der Waals surface area contributed by atoms with Crippen molar-refractivity contribution in [2.75, 3.05) is 5.32 Å². The first-order chi connectivity index (χ1) is 13.1. The second-order valence-corrected chi connectivity index (χ2v) is 6.27. The van der Waals surface area contributed by atoms with Gasteiger partial charge in [0.05, 0.1) is 12.4 Å². The van der Waals surface area contributed by atoms with Gasteiger partial charge in [0.15, 0.2) is 29.4 Å². The molecule has 0 bridgehead atoms. The number of amides is 1. The van der Waals surface area contributed by atoms with Gasteiger partial charge in [-0.1, -0.05) is 25.1 Å². The Balaban J connectivity index is 1.65. The molecule has 4 rings (SSSR count). The van der Waals surface area contributed by atoms with Crippen molar-refractivity contribution in [3.63, 3.8) is 0 Å². The number of benzene rings is 1. The van der Waals surface area contributed by atoms with Gasteiger partial charge < -0.3 is 15.2 Å². The normalized spacial score (nSPS) is 25.0. The number of rotatable bonds is 4. The molecule has 2 N–H and O–H groups in total. The van der Waals surface area contributed by atoms with E-state index in [0.29, 0.717) is 23.1 Å². The first kappa shape index (κ1) is 17.5. The van der Waals surface area contributed by atoms with Crippen molar-refractivity contribution in [3.05, 3.63) is 48.5 Å². The Morgan fingerprint density at radius 3 is 2.78 bits per heavy atom. The zero-order valence-corrected chi connectivity index (χ0v) is 14.5. The Kier molecular flexibility index (Phi) is 4.54. The molecule has 1 fully saturated rings. The predicted octanol–water partition coefficient (Wildman–Crippen LogP) is 2.09. The fourth-order valence-corrected chi connectivity index (χ4v) is 3.16. The highest BCUT2D eigenvalue weighted by atomic mass is 19.1. The lowest BCUT2D eigenvalue weighted by Gasteiger charge is -2.15. The van der Waals surface area contributed by atoms with Gasteiger partial charge in [0.1, 0.15) is 12.4 Å². The van der Waals surface area contributed by atoms with E-state index >= 15 is 0 Å². The van der Waals surface area contributed by atoms with Crippen LogP contribution in [-0.4, -0.2) is 48.9 Å². The second kappa shape index (κ2) is 7.01. The molecule has 0 saturated carbocycles. The first-order valence-electron chi connectivity index (χ1n) is 8.61. The van der Waals surface area contributed by atoms with Gasteiger partial charge in [0.2, 0.25) is 0 Å². The summed E-state index contributed by atoms with van der Waals surface area (Å²) in [5.74, 6) is -0.124. The van der Waals surface area contributed by atoms with E-state index in [1.54, 1.807) is 24.3 Å². The molecular formula is C18H18FN5O3. The van der Waals surface area contributed by atoms with Crippen LogP contribution >= 0.6 is 0 Å².